The van der Waals surface area contributed by atoms with E-state index in [-0.39, 0.29) is 0 Å². The van der Waals surface area contributed by atoms with Crippen LogP contribution in [0.5, 0.6) is 5.75 Å². The fraction of sp³-hybridized carbons (Fsp3) is 0.143. The van der Waals surface area contributed by atoms with Crippen LogP contribution in [-0.2, 0) is 0 Å². The second kappa shape index (κ2) is 5.43. The minimum absolute atomic E-state index is 0.393. The van der Waals surface area contributed by atoms with Crippen molar-refractivity contribution in [1.82, 2.24) is 4.98 Å². The van der Waals surface area contributed by atoms with Gasteiger partial charge in [0.25, 0.3) is 0 Å². The molecule has 0 fully saturated rings. The van der Waals surface area contributed by atoms with Crippen LogP contribution in [0.2, 0.25) is 0 Å². The average molecular weight is 297 g/mol. The van der Waals surface area contributed by atoms with Crippen molar-refractivity contribution in [3.63, 3.8) is 0 Å². The first-order valence-electron chi connectivity index (χ1n) is 5.83. The molecular formula is C14H10F3NO3. The third-order valence-electron chi connectivity index (χ3n) is 2.76. The summed E-state index contributed by atoms with van der Waals surface area (Å²) in [7, 11) is 0. The smallest absolute Gasteiger partial charge is 0.478 e. The van der Waals surface area contributed by atoms with Crippen LogP contribution in [0, 0.1) is 6.92 Å². The molecule has 1 heterocycles. The average Bonchev–Trinajstić information content (AvgIpc) is 2.37. The topological polar surface area (TPSA) is 59.4 Å². The second-order valence-corrected chi connectivity index (χ2v) is 4.20. The van der Waals surface area contributed by atoms with Crippen molar-refractivity contribution in [1.29, 1.82) is 0 Å². The number of halogens is 3. The summed E-state index contributed by atoms with van der Waals surface area (Å²) in [6, 6.07) is 6.84. The normalized spacial score (nSPS) is 11.2. The molecule has 0 aliphatic carbocycles. The van der Waals surface area contributed by atoms with Crippen LogP contribution in [-0.4, -0.2) is 22.4 Å². The molecule has 1 aromatic carbocycles. The van der Waals surface area contributed by atoms with Crippen molar-refractivity contribution in [3.8, 4) is 16.9 Å². The first-order chi connectivity index (χ1) is 9.78. The van der Waals surface area contributed by atoms with E-state index in [4.69, 9.17) is 5.11 Å². The Bertz CT molecular complexity index is 683. The zero-order valence-corrected chi connectivity index (χ0v) is 10.8. The molecule has 0 aliphatic heterocycles. The van der Waals surface area contributed by atoms with Gasteiger partial charge in [-0.05, 0) is 30.7 Å². The Kier molecular flexibility index (Phi) is 3.84. The molecule has 1 aromatic heterocycles. The minimum atomic E-state index is -4.97. The second-order valence-electron chi connectivity index (χ2n) is 4.20. The van der Waals surface area contributed by atoms with Gasteiger partial charge in [0.2, 0.25) is 0 Å². The summed E-state index contributed by atoms with van der Waals surface area (Å²) in [5.41, 5.74) is 1.04. The van der Waals surface area contributed by atoms with Gasteiger partial charge in [0.05, 0.1) is 0 Å². The number of aryl methyl sites for hydroxylation is 1. The highest BCUT2D eigenvalue weighted by molar-refractivity contribution is 5.92. The van der Waals surface area contributed by atoms with Crippen molar-refractivity contribution in [2.45, 2.75) is 13.3 Å². The summed E-state index contributed by atoms with van der Waals surface area (Å²) >= 11 is 0. The number of aromatic nitrogens is 1. The maximum Gasteiger partial charge on any atom is 0.573 e. The van der Waals surface area contributed by atoms with Gasteiger partial charge in [0.1, 0.15) is 11.3 Å². The number of ether oxygens (including phenoxy) is 1. The molecule has 0 spiro atoms. The Balaban J connectivity index is 2.54. The van der Waals surface area contributed by atoms with E-state index in [1.54, 1.807) is 25.3 Å². The van der Waals surface area contributed by atoms with Crippen molar-refractivity contribution in [2.24, 2.45) is 0 Å². The molecule has 21 heavy (non-hydrogen) atoms. The van der Waals surface area contributed by atoms with E-state index in [0.29, 0.717) is 16.8 Å². The van der Waals surface area contributed by atoms with Crippen LogP contribution in [0.15, 0.2) is 36.5 Å². The summed E-state index contributed by atoms with van der Waals surface area (Å²) in [5, 5.41) is 8.92. The van der Waals surface area contributed by atoms with E-state index in [9.17, 15) is 18.0 Å². The van der Waals surface area contributed by atoms with E-state index in [0.717, 1.165) is 12.1 Å². The number of aromatic carboxylic acids is 1. The van der Waals surface area contributed by atoms with E-state index in [1.165, 1.54) is 6.07 Å². The molecule has 0 saturated carbocycles. The van der Waals surface area contributed by atoms with Crippen LogP contribution in [0.25, 0.3) is 11.1 Å². The lowest BCUT2D eigenvalue weighted by molar-refractivity contribution is -0.274. The maximum atomic E-state index is 12.4. The monoisotopic (exact) mass is 297 g/mol. The lowest BCUT2D eigenvalue weighted by Gasteiger charge is -2.13. The molecule has 0 radical (unpaired) electrons. The van der Waals surface area contributed by atoms with Crippen LogP contribution in [0.1, 0.15) is 16.1 Å². The van der Waals surface area contributed by atoms with Crippen LogP contribution in [0.4, 0.5) is 13.2 Å². The van der Waals surface area contributed by atoms with Crippen LogP contribution in [0.3, 0.4) is 0 Å². The zero-order chi connectivity index (χ0) is 15.6. The number of carbonyl (C=O) groups is 1. The van der Waals surface area contributed by atoms with Gasteiger partial charge in [-0.15, -0.1) is 13.2 Å². The molecule has 0 atom stereocenters. The predicted molar refractivity (Wildman–Crippen MR) is 68.1 cm³/mol. The van der Waals surface area contributed by atoms with Gasteiger partial charge < -0.3 is 9.84 Å². The molecule has 110 valence electrons. The molecule has 2 aromatic rings. The number of hydrogen-bond acceptors (Lipinski definition) is 3. The maximum absolute atomic E-state index is 12.4. The van der Waals surface area contributed by atoms with Gasteiger partial charge >= 0.3 is 12.3 Å². The van der Waals surface area contributed by atoms with E-state index in [1.807, 2.05) is 0 Å². The summed E-state index contributed by atoms with van der Waals surface area (Å²) in [5.74, 6) is -2.25. The Morgan fingerprint density at radius 3 is 2.57 bits per heavy atom. The van der Waals surface area contributed by atoms with Gasteiger partial charge in [-0.3, -0.25) is 4.98 Å². The molecular weight excluding hydrogens is 287 g/mol. The number of pyridine rings is 1. The first kappa shape index (κ1) is 14.8. The molecule has 0 bridgehead atoms. The van der Waals surface area contributed by atoms with E-state index < -0.39 is 23.6 Å². The van der Waals surface area contributed by atoms with Crippen molar-refractivity contribution >= 4 is 5.97 Å². The van der Waals surface area contributed by atoms with Gasteiger partial charge in [-0.25, -0.2) is 4.79 Å². The highest BCUT2D eigenvalue weighted by atomic mass is 19.4. The summed E-state index contributed by atoms with van der Waals surface area (Å²) < 4.78 is 40.9. The number of carboxylic acids is 1. The number of hydrogen-bond donors (Lipinski definition) is 1. The van der Waals surface area contributed by atoms with Gasteiger partial charge in [-0.1, -0.05) is 12.1 Å². The molecule has 1 N–H and O–H groups in total. The lowest BCUT2D eigenvalue weighted by atomic mass is 10.0. The number of benzene rings is 1. The summed E-state index contributed by atoms with van der Waals surface area (Å²) in [6.45, 7) is 1.70. The number of alkyl halides is 3. The lowest BCUT2D eigenvalue weighted by Crippen LogP contribution is -2.19. The molecule has 4 nitrogen and oxygen atoms in total. The SMILES string of the molecule is Cc1ncccc1-c1ccc(C(=O)O)c(OC(F)(F)F)c1. The van der Waals surface area contributed by atoms with Gasteiger partial charge in [0, 0.05) is 17.5 Å². The third-order valence-corrected chi connectivity index (χ3v) is 2.76. The molecule has 0 amide bonds. The standard InChI is InChI=1S/C14H10F3NO3/c1-8-10(3-2-6-18-8)9-4-5-11(13(19)20)12(7-9)21-14(15,16)17/h2-7H,1H3,(H,19,20). The van der Waals surface area contributed by atoms with E-state index in [2.05, 4.69) is 9.72 Å². The molecule has 7 heteroatoms. The summed E-state index contributed by atoms with van der Waals surface area (Å²) in [4.78, 5) is 15.0. The Morgan fingerprint density at radius 1 is 1.29 bits per heavy atom. The van der Waals surface area contributed by atoms with Crippen molar-refractivity contribution < 1.29 is 27.8 Å². The fourth-order valence-electron chi connectivity index (χ4n) is 1.87. The van der Waals surface area contributed by atoms with Gasteiger partial charge in [0.15, 0.2) is 0 Å². The number of rotatable bonds is 3. The van der Waals surface area contributed by atoms with Crippen LogP contribution >= 0.6 is 0 Å². The minimum Gasteiger partial charge on any atom is -0.478 e. The van der Waals surface area contributed by atoms with Gasteiger partial charge in [-0.2, -0.15) is 0 Å². The van der Waals surface area contributed by atoms with E-state index >= 15 is 0 Å². The Hall–Kier alpha value is -2.57. The number of carboxylic acid groups (broad SMARTS) is 1. The quantitative estimate of drug-likeness (QED) is 0.939. The summed E-state index contributed by atoms with van der Waals surface area (Å²) in [6.07, 6.45) is -3.41. The molecule has 0 aliphatic rings. The Morgan fingerprint density at radius 2 is 2.00 bits per heavy atom. The molecule has 0 saturated heterocycles. The zero-order valence-electron chi connectivity index (χ0n) is 10.8. The fourth-order valence-corrected chi connectivity index (χ4v) is 1.87. The predicted octanol–water partition coefficient (Wildman–Crippen LogP) is 3.65. The van der Waals surface area contributed by atoms with Crippen molar-refractivity contribution in [3.05, 3.63) is 47.8 Å². The van der Waals surface area contributed by atoms with Crippen molar-refractivity contribution in [2.75, 3.05) is 0 Å². The first-order valence-corrected chi connectivity index (χ1v) is 5.83. The third kappa shape index (κ3) is 3.50. The Labute approximate surface area is 117 Å². The highest BCUT2D eigenvalue weighted by Gasteiger charge is 2.33. The largest absolute Gasteiger partial charge is 0.573 e. The molecule has 2 rings (SSSR count). The number of nitrogens with zero attached hydrogens (tertiary/aromatic N) is 1. The molecule has 0 unspecified atom stereocenters. The van der Waals surface area contributed by atoms with Crippen LogP contribution < -0.4 is 4.74 Å². The highest BCUT2D eigenvalue weighted by Crippen LogP contribution is 2.32.